The molecule has 18 heavy (non-hydrogen) atoms. The minimum Gasteiger partial charge on any atom is -0.384 e. The number of benzene rings is 1. The number of nitrogens with zero attached hydrogens (tertiary/aromatic N) is 1. The number of anilines is 1. The van der Waals surface area contributed by atoms with E-state index in [0.717, 1.165) is 12.5 Å². The van der Waals surface area contributed by atoms with Crippen LogP contribution >= 0.6 is 0 Å². The molecule has 100 valence electrons. The fourth-order valence-electron chi connectivity index (χ4n) is 2.66. The van der Waals surface area contributed by atoms with Gasteiger partial charge in [0.2, 0.25) is 0 Å². The normalized spacial score (nSPS) is 21.6. The molecule has 2 rings (SSSR count). The van der Waals surface area contributed by atoms with E-state index in [1.54, 1.807) is 0 Å². The maximum absolute atomic E-state index is 3.52. The molecule has 1 aliphatic rings. The van der Waals surface area contributed by atoms with Gasteiger partial charge in [0.25, 0.3) is 0 Å². The monoisotopic (exact) mass is 246 g/mol. The SMILES string of the molecule is Cc1cccc(NCCN2CCCC(C)CC2)c1. The summed E-state index contributed by atoms with van der Waals surface area (Å²) in [5.74, 6) is 0.916. The quantitative estimate of drug-likeness (QED) is 0.874. The van der Waals surface area contributed by atoms with Crippen molar-refractivity contribution in [1.82, 2.24) is 4.90 Å². The average molecular weight is 246 g/mol. The highest BCUT2D eigenvalue weighted by Gasteiger charge is 2.12. The number of hydrogen-bond acceptors (Lipinski definition) is 2. The number of aryl methyl sites for hydroxylation is 1. The Morgan fingerprint density at radius 3 is 3.00 bits per heavy atom. The summed E-state index contributed by atoms with van der Waals surface area (Å²) in [4.78, 5) is 2.60. The van der Waals surface area contributed by atoms with E-state index in [2.05, 4.69) is 48.3 Å². The highest BCUT2D eigenvalue weighted by atomic mass is 15.1. The van der Waals surface area contributed by atoms with Crippen molar-refractivity contribution < 1.29 is 0 Å². The van der Waals surface area contributed by atoms with Gasteiger partial charge in [0.05, 0.1) is 0 Å². The second-order valence-corrected chi connectivity index (χ2v) is 5.67. The minimum absolute atomic E-state index is 0.916. The lowest BCUT2D eigenvalue weighted by Gasteiger charge is -2.20. The number of rotatable bonds is 4. The van der Waals surface area contributed by atoms with Crippen LogP contribution in [0.25, 0.3) is 0 Å². The molecular formula is C16H26N2. The van der Waals surface area contributed by atoms with Gasteiger partial charge in [0.15, 0.2) is 0 Å². The molecule has 1 fully saturated rings. The van der Waals surface area contributed by atoms with E-state index in [4.69, 9.17) is 0 Å². The summed E-state index contributed by atoms with van der Waals surface area (Å²) in [5, 5.41) is 3.52. The molecular weight excluding hydrogens is 220 g/mol. The van der Waals surface area contributed by atoms with Crippen LogP contribution in [-0.2, 0) is 0 Å². The van der Waals surface area contributed by atoms with Gasteiger partial charge in [-0.3, -0.25) is 0 Å². The van der Waals surface area contributed by atoms with Crippen LogP contribution in [0.1, 0.15) is 31.7 Å². The standard InChI is InChI=1S/C16H26N2/c1-14-6-4-10-18(11-8-14)12-9-17-16-7-3-5-15(2)13-16/h3,5,7,13-14,17H,4,6,8-12H2,1-2H3. The highest BCUT2D eigenvalue weighted by Crippen LogP contribution is 2.16. The van der Waals surface area contributed by atoms with Gasteiger partial charge in [-0.15, -0.1) is 0 Å². The molecule has 1 heterocycles. The van der Waals surface area contributed by atoms with Crippen LogP contribution in [0.15, 0.2) is 24.3 Å². The van der Waals surface area contributed by atoms with Gasteiger partial charge in [-0.05, 0) is 62.9 Å². The first-order chi connectivity index (χ1) is 8.74. The predicted molar refractivity (Wildman–Crippen MR) is 79.1 cm³/mol. The molecule has 0 radical (unpaired) electrons. The van der Waals surface area contributed by atoms with Gasteiger partial charge < -0.3 is 10.2 Å². The average Bonchev–Trinajstić information content (AvgIpc) is 2.55. The largest absolute Gasteiger partial charge is 0.384 e. The van der Waals surface area contributed by atoms with Crippen molar-refractivity contribution in [3.05, 3.63) is 29.8 Å². The Labute approximate surface area is 111 Å². The van der Waals surface area contributed by atoms with Crippen molar-refractivity contribution in [3.63, 3.8) is 0 Å². The summed E-state index contributed by atoms with van der Waals surface area (Å²) in [6.45, 7) is 9.30. The van der Waals surface area contributed by atoms with E-state index >= 15 is 0 Å². The zero-order valence-electron chi connectivity index (χ0n) is 11.8. The van der Waals surface area contributed by atoms with Gasteiger partial charge in [0.1, 0.15) is 0 Å². The molecule has 1 aliphatic heterocycles. The van der Waals surface area contributed by atoms with Crippen LogP contribution in [0.2, 0.25) is 0 Å². The lowest BCUT2D eigenvalue weighted by atomic mass is 10.0. The van der Waals surface area contributed by atoms with Crippen molar-refractivity contribution >= 4 is 5.69 Å². The fourth-order valence-corrected chi connectivity index (χ4v) is 2.66. The van der Waals surface area contributed by atoms with Crippen molar-refractivity contribution in [2.75, 3.05) is 31.5 Å². The Morgan fingerprint density at radius 1 is 1.28 bits per heavy atom. The highest BCUT2D eigenvalue weighted by molar-refractivity contribution is 5.45. The Hall–Kier alpha value is -1.02. The van der Waals surface area contributed by atoms with Crippen LogP contribution < -0.4 is 5.32 Å². The molecule has 0 spiro atoms. The Kier molecular flexibility index (Phi) is 5.06. The predicted octanol–water partition coefficient (Wildman–Crippen LogP) is 3.53. The number of hydrogen-bond donors (Lipinski definition) is 1. The van der Waals surface area contributed by atoms with Crippen LogP contribution in [0.4, 0.5) is 5.69 Å². The van der Waals surface area contributed by atoms with E-state index in [1.165, 1.54) is 50.1 Å². The topological polar surface area (TPSA) is 15.3 Å². The smallest absolute Gasteiger partial charge is 0.0343 e. The van der Waals surface area contributed by atoms with Crippen LogP contribution in [0.5, 0.6) is 0 Å². The van der Waals surface area contributed by atoms with Gasteiger partial charge in [-0.25, -0.2) is 0 Å². The van der Waals surface area contributed by atoms with Crippen molar-refractivity contribution in [2.24, 2.45) is 5.92 Å². The Balaban J connectivity index is 1.71. The summed E-state index contributed by atoms with van der Waals surface area (Å²) in [6.07, 6.45) is 4.14. The first kappa shape index (κ1) is 13.4. The molecule has 1 N–H and O–H groups in total. The number of nitrogens with one attached hydrogen (secondary N) is 1. The molecule has 1 aromatic rings. The molecule has 1 aromatic carbocycles. The molecule has 0 aromatic heterocycles. The maximum Gasteiger partial charge on any atom is 0.0343 e. The van der Waals surface area contributed by atoms with Gasteiger partial charge in [-0.2, -0.15) is 0 Å². The molecule has 0 aliphatic carbocycles. The van der Waals surface area contributed by atoms with Crippen molar-refractivity contribution in [3.8, 4) is 0 Å². The van der Waals surface area contributed by atoms with Crippen LogP contribution in [0.3, 0.4) is 0 Å². The summed E-state index contributed by atoms with van der Waals surface area (Å²) in [6, 6.07) is 8.62. The number of likely N-dealkylation sites (tertiary alicyclic amines) is 1. The fraction of sp³-hybridized carbons (Fsp3) is 0.625. The second kappa shape index (κ2) is 6.79. The minimum atomic E-state index is 0.916. The molecule has 0 bridgehead atoms. The Morgan fingerprint density at radius 2 is 2.17 bits per heavy atom. The molecule has 1 unspecified atom stereocenters. The maximum atomic E-state index is 3.52. The zero-order valence-corrected chi connectivity index (χ0v) is 11.8. The molecule has 1 atom stereocenters. The molecule has 2 heteroatoms. The lowest BCUT2D eigenvalue weighted by molar-refractivity contribution is 0.292. The third-order valence-corrected chi connectivity index (χ3v) is 3.88. The first-order valence-electron chi connectivity index (χ1n) is 7.27. The molecule has 2 nitrogen and oxygen atoms in total. The van der Waals surface area contributed by atoms with Crippen molar-refractivity contribution in [2.45, 2.75) is 33.1 Å². The molecule has 0 amide bonds. The van der Waals surface area contributed by atoms with E-state index in [1.807, 2.05) is 0 Å². The third kappa shape index (κ3) is 4.34. The van der Waals surface area contributed by atoms with E-state index in [0.29, 0.717) is 0 Å². The Bertz CT molecular complexity index is 362. The third-order valence-electron chi connectivity index (χ3n) is 3.88. The first-order valence-corrected chi connectivity index (χ1v) is 7.27. The summed E-state index contributed by atoms with van der Waals surface area (Å²) >= 11 is 0. The summed E-state index contributed by atoms with van der Waals surface area (Å²) < 4.78 is 0. The zero-order chi connectivity index (χ0) is 12.8. The van der Waals surface area contributed by atoms with E-state index in [9.17, 15) is 0 Å². The van der Waals surface area contributed by atoms with Crippen molar-refractivity contribution in [1.29, 1.82) is 0 Å². The van der Waals surface area contributed by atoms with E-state index < -0.39 is 0 Å². The lowest BCUT2D eigenvalue weighted by Crippen LogP contribution is -2.30. The van der Waals surface area contributed by atoms with Gasteiger partial charge >= 0.3 is 0 Å². The van der Waals surface area contributed by atoms with Crippen LogP contribution in [-0.4, -0.2) is 31.1 Å². The molecule has 1 saturated heterocycles. The van der Waals surface area contributed by atoms with Gasteiger partial charge in [0, 0.05) is 18.8 Å². The van der Waals surface area contributed by atoms with E-state index in [-0.39, 0.29) is 0 Å². The summed E-state index contributed by atoms with van der Waals surface area (Å²) in [7, 11) is 0. The second-order valence-electron chi connectivity index (χ2n) is 5.67. The summed E-state index contributed by atoms with van der Waals surface area (Å²) in [5.41, 5.74) is 2.57. The molecule has 0 saturated carbocycles. The van der Waals surface area contributed by atoms with Gasteiger partial charge in [-0.1, -0.05) is 19.1 Å². The van der Waals surface area contributed by atoms with Crippen LogP contribution in [0, 0.1) is 12.8 Å².